The summed E-state index contributed by atoms with van der Waals surface area (Å²) in [5, 5.41) is 20.6. The number of anilines is 1. The molecule has 0 aromatic heterocycles. The van der Waals surface area contributed by atoms with Crippen LogP contribution in [0.4, 0.5) is 5.69 Å². The third-order valence-corrected chi connectivity index (χ3v) is 3.11. The minimum absolute atomic E-state index is 0.277. The summed E-state index contributed by atoms with van der Waals surface area (Å²) in [6.07, 6.45) is 0.406. The van der Waals surface area contributed by atoms with Crippen molar-refractivity contribution in [3.05, 3.63) is 28.8 Å². The van der Waals surface area contributed by atoms with Crippen molar-refractivity contribution in [1.29, 1.82) is 10.5 Å². The number of amides is 1. The first-order chi connectivity index (χ1) is 8.46. The fourth-order valence-corrected chi connectivity index (χ4v) is 1.46. The highest BCUT2D eigenvalue weighted by molar-refractivity contribution is 6.33. The molecule has 18 heavy (non-hydrogen) atoms. The summed E-state index contributed by atoms with van der Waals surface area (Å²) in [4.78, 5) is 11.9. The zero-order valence-electron chi connectivity index (χ0n) is 10.1. The number of halogens is 1. The molecule has 1 rings (SSSR count). The summed E-state index contributed by atoms with van der Waals surface area (Å²) in [6, 6.07) is 8.50. The fraction of sp³-hybridized carbons (Fsp3) is 0.308. The van der Waals surface area contributed by atoms with E-state index in [1.165, 1.54) is 6.07 Å². The van der Waals surface area contributed by atoms with Crippen LogP contribution in [0.3, 0.4) is 0 Å². The Hall–Kier alpha value is -2.04. The molecule has 1 aromatic carbocycles. The third kappa shape index (κ3) is 2.80. The maximum Gasteiger partial charge on any atom is 0.244 e. The molecule has 1 aromatic rings. The van der Waals surface area contributed by atoms with Gasteiger partial charge in [-0.3, -0.25) is 4.79 Å². The van der Waals surface area contributed by atoms with Gasteiger partial charge >= 0.3 is 0 Å². The lowest BCUT2D eigenvalue weighted by atomic mass is 9.88. The van der Waals surface area contributed by atoms with Crippen LogP contribution in [0, 0.1) is 28.1 Å². The van der Waals surface area contributed by atoms with Gasteiger partial charge in [0.15, 0.2) is 0 Å². The average molecular weight is 262 g/mol. The van der Waals surface area contributed by atoms with Gasteiger partial charge in [-0.15, -0.1) is 0 Å². The molecule has 0 saturated carbocycles. The lowest BCUT2D eigenvalue weighted by Crippen LogP contribution is -2.31. The number of rotatable bonds is 3. The molecule has 0 aliphatic carbocycles. The first kappa shape index (κ1) is 14.0. The van der Waals surface area contributed by atoms with Gasteiger partial charge in [-0.1, -0.05) is 18.5 Å². The number of hydrogen-bond acceptors (Lipinski definition) is 3. The van der Waals surface area contributed by atoms with Crippen LogP contribution in [-0.4, -0.2) is 5.91 Å². The third-order valence-electron chi connectivity index (χ3n) is 2.80. The van der Waals surface area contributed by atoms with E-state index in [-0.39, 0.29) is 5.02 Å². The van der Waals surface area contributed by atoms with E-state index in [1.807, 2.05) is 12.1 Å². The van der Waals surface area contributed by atoms with Gasteiger partial charge in [0.2, 0.25) is 5.91 Å². The van der Waals surface area contributed by atoms with Crippen molar-refractivity contribution in [2.45, 2.75) is 20.3 Å². The van der Waals surface area contributed by atoms with E-state index < -0.39 is 11.3 Å². The lowest BCUT2D eigenvalue weighted by Gasteiger charge is -2.19. The van der Waals surface area contributed by atoms with Crippen molar-refractivity contribution in [2.24, 2.45) is 5.41 Å². The number of hydrogen-bond donors (Lipinski definition) is 1. The summed E-state index contributed by atoms with van der Waals surface area (Å²) in [5.41, 5.74) is -0.274. The summed E-state index contributed by atoms with van der Waals surface area (Å²) in [7, 11) is 0. The van der Waals surface area contributed by atoms with E-state index in [4.69, 9.17) is 22.1 Å². The second-order valence-corrected chi connectivity index (χ2v) is 4.47. The second-order valence-electron chi connectivity index (χ2n) is 4.06. The molecule has 1 amide bonds. The Morgan fingerprint density at radius 2 is 2.17 bits per heavy atom. The van der Waals surface area contributed by atoms with Crippen molar-refractivity contribution in [3.63, 3.8) is 0 Å². The van der Waals surface area contributed by atoms with Crippen molar-refractivity contribution in [2.75, 3.05) is 5.32 Å². The Bertz CT molecular complexity index is 556. The Balaban J connectivity index is 2.97. The average Bonchev–Trinajstić information content (AvgIpc) is 2.39. The van der Waals surface area contributed by atoms with E-state index in [2.05, 4.69) is 5.32 Å². The molecule has 0 saturated heterocycles. The van der Waals surface area contributed by atoms with Gasteiger partial charge in [-0.25, -0.2) is 0 Å². The van der Waals surface area contributed by atoms with Crippen molar-refractivity contribution in [1.82, 2.24) is 0 Å². The van der Waals surface area contributed by atoms with E-state index in [0.29, 0.717) is 17.7 Å². The van der Waals surface area contributed by atoms with Gasteiger partial charge in [-0.2, -0.15) is 10.5 Å². The standard InChI is InChI=1S/C13H12ClN3O/c1-3-13(2,8-16)12(18)17-11-5-4-9(7-15)6-10(11)14/h4-6H,3H2,1-2H3,(H,17,18). The smallest absolute Gasteiger partial charge is 0.244 e. The minimum Gasteiger partial charge on any atom is -0.323 e. The largest absolute Gasteiger partial charge is 0.323 e. The molecule has 0 bridgehead atoms. The molecule has 1 atom stereocenters. The number of nitrogens with zero attached hydrogens (tertiary/aromatic N) is 2. The molecule has 0 aliphatic rings. The zero-order chi connectivity index (χ0) is 13.8. The maximum atomic E-state index is 11.9. The molecule has 92 valence electrons. The van der Waals surface area contributed by atoms with Gasteiger partial charge in [0, 0.05) is 0 Å². The number of carbonyl (C=O) groups excluding carboxylic acids is 1. The highest BCUT2D eigenvalue weighted by atomic mass is 35.5. The molecular formula is C13H12ClN3O. The molecular weight excluding hydrogens is 250 g/mol. The Morgan fingerprint density at radius 3 is 2.61 bits per heavy atom. The van der Waals surface area contributed by atoms with E-state index in [0.717, 1.165) is 0 Å². The topological polar surface area (TPSA) is 76.7 Å². The lowest BCUT2D eigenvalue weighted by molar-refractivity contribution is -0.122. The number of nitrogens with one attached hydrogen (secondary N) is 1. The predicted molar refractivity (Wildman–Crippen MR) is 68.8 cm³/mol. The number of nitriles is 2. The predicted octanol–water partition coefficient (Wildman–Crippen LogP) is 3.09. The quantitative estimate of drug-likeness (QED) is 0.908. The molecule has 0 radical (unpaired) electrons. The van der Waals surface area contributed by atoms with Crippen molar-refractivity contribution >= 4 is 23.2 Å². The molecule has 1 N–H and O–H groups in total. The van der Waals surface area contributed by atoms with Crippen LogP contribution < -0.4 is 5.32 Å². The normalized spacial score (nSPS) is 12.9. The summed E-state index contributed by atoms with van der Waals surface area (Å²) < 4.78 is 0. The van der Waals surface area contributed by atoms with Crippen LogP contribution in [0.25, 0.3) is 0 Å². The molecule has 1 unspecified atom stereocenters. The van der Waals surface area contributed by atoms with E-state index in [1.54, 1.807) is 26.0 Å². The fourth-order valence-electron chi connectivity index (χ4n) is 1.24. The van der Waals surface area contributed by atoms with Gasteiger partial charge < -0.3 is 5.32 Å². The van der Waals surface area contributed by atoms with Crippen LogP contribution in [0.15, 0.2) is 18.2 Å². The highest BCUT2D eigenvalue weighted by Crippen LogP contribution is 2.27. The van der Waals surface area contributed by atoms with Crippen LogP contribution in [-0.2, 0) is 4.79 Å². The van der Waals surface area contributed by atoms with Gasteiger partial charge in [-0.05, 0) is 31.5 Å². The van der Waals surface area contributed by atoms with Crippen molar-refractivity contribution in [3.8, 4) is 12.1 Å². The Labute approximate surface area is 111 Å². The summed E-state index contributed by atoms with van der Waals surface area (Å²) in [6.45, 7) is 3.34. The summed E-state index contributed by atoms with van der Waals surface area (Å²) >= 11 is 5.94. The Morgan fingerprint density at radius 1 is 1.50 bits per heavy atom. The summed E-state index contributed by atoms with van der Waals surface area (Å²) in [5.74, 6) is -0.404. The molecule has 0 fully saturated rings. The molecule has 0 spiro atoms. The molecule has 0 heterocycles. The monoisotopic (exact) mass is 261 g/mol. The molecule has 5 heteroatoms. The number of benzene rings is 1. The number of carbonyl (C=O) groups is 1. The highest BCUT2D eigenvalue weighted by Gasteiger charge is 2.31. The molecule has 4 nitrogen and oxygen atoms in total. The van der Waals surface area contributed by atoms with Crippen molar-refractivity contribution < 1.29 is 4.79 Å². The zero-order valence-corrected chi connectivity index (χ0v) is 10.9. The van der Waals surface area contributed by atoms with Gasteiger partial charge in [0.05, 0.1) is 28.4 Å². The van der Waals surface area contributed by atoms with Crippen LogP contribution in [0.5, 0.6) is 0 Å². The van der Waals surface area contributed by atoms with Gasteiger partial charge in [0.25, 0.3) is 0 Å². The SMILES string of the molecule is CCC(C)(C#N)C(=O)Nc1ccc(C#N)cc1Cl. The van der Waals surface area contributed by atoms with Crippen LogP contribution in [0.1, 0.15) is 25.8 Å². The first-order valence-corrected chi connectivity index (χ1v) is 5.77. The van der Waals surface area contributed by atoms with Gasteiger partial charge in [0.1, 0.15) is 5.41 Å². The molecule has 0 aliphatic heterocycles. The van der Waals surface area contributed by atoms with E-state index >= 15 is 0 Å². The van der Waals surface area contributed by atoms with Crippen LogP contribution >= 0.6 is 11.6 Å². The first-order valence-electron chi connectivity index (χ1n) is 5.39. The minimum atomic E-state index is -1.09. The van der Waals surface area contributed by atoms with E-state index in [9.17, 15) is 4.79 Å². The Kier molecular flexibility index (Phi) is 4.31. The maximum absolute atomic E-state index is 11.9. The van der Waals surface area contributed by atoms with Crippen LogP contribution in [0.2, 0.25) is 5.02 Å². The second kappa shape index (κ2) is 5.53.